The Balaban J connectivity index is 1.85. The predicted octanol–water partition coefficient (Wildman–Crippen LogP) is 2.02. The topological polar surface area (TPSA) is 125 Å². The van der Waals surface area contributed by atoms with E-state index >= 15 is 0 Å². The Kier molecular flexibility index (Phi) is 8.97. The molecule has 0 bridgehead atoms. The highest BCUT2D eigenvalue weighted by Crippen LogP contribution is 2.35. The van der Waals surface area contributed by atoms with E-state index in [0.717, 1.165) is 37.3 Å². The summed E-state index contributed by atoms with van der Waals surface area (Å²) >= 11 is 0. The number of ketones is 1. The molecule has 204 valence electrons. The van der Waals surface area contributed by atoms with Gasteiger partial charge in [-0.1, -0.05) is 51.8 Å². The minimum atomic E-state index is -0.928. The second kappa shape index (κ2) is 11.6. The van der Waals surface area contributed by atoms with Crippen molar-refractivity contribution in [2.24, 2.45) is 17.3 Å². The molecule has 4 amide bonds. The van der Waals surface area contributed by atoms with E-state index in [0.29, 0.717) is 25.3 Å². The largest absolute Gasteiger partial charge is 0.347 e. The molecular formula is C28H42N4O5. The molecule has 0 spiro atoms. The molecule has 1 saturated heterocycles. The second-order valence-corrected chi connectivity index (χ2v) is 12.0. The molecule has 0 aromatic rings. The Morgan fingerprint density at radius 3 is 2.16 bits per heavy atom. The van der Waals surface area contributed by atoms with Crippen LogP contribution in [0.25, 0.3) is 0 Å². The molecule has 4 atom stereocenters. The lowest BCUT2D eigenvalue weighted by molar-refractivity contribution is -0.145. The molecule has 37 heavy (non-hydrogen) atoms. The van der Waals surface area contributed by atoms with Gasteiger partial charge in [-0.25, -0.2) is 0 Å². The Hall–Kier alpha value is -2.97. The number of hydrogen-bond donors (Lipinski definition) is 3. The predicted molar refractivity (Wildman–Crippen MR) is 140 cm³/mol. The molecule has 3 N–H and O–H groups in total. The number of likely N-dealkylation sites (tertiary alicyclic amines) is 1. The van der Waals surface area contributed by atoms with E-state index in [1.807, 2.05) is 40.7 Å². The van der Waals surface area contributed by atoms with Gasteiger partial charge in [-0.05, 0) is 56.9 Å². The van der Waals surface area contributed by atoms with Gasteiger partial charge in [-0.3, -0.25) is 24.0 Å². The monoisotopic (exact) mass is 514 g/mol. The van der Waals surface area contributed by atoms with Gasteiger partial charge in [0, 0.05) is 18.5 Å². The fourth-order valence-electron chi connectivity index (χ4n) is 4.84. The van der Waals surface area contributed by atoms with E-state index in [-0.39, 0.29) is 17.9 Å². The van der Waals surface area contributed by atoms with Crippen LogP contribution in [0.4, 0.5) is 0 Å². The van der Waals surface area contributed by atoms with E-state index in [2.05, 4.69) is 22.5 Å². The van der Waals surface area contributed by atoms with Crippen LogP contribution in [-0.2, 0) is 24.0 Å². The Morgan fingerprint density at radius 1 is 1.00 bits per heavy atom. The second-order valence-electron chi connectivity index (χ2n) is 12.0. The maximum Gasteiger partial charge on any atom is 0.289 e. The van der Waals surface area contributed by atoms with Gasteiger partial charge >= 0.3 is 0 Å². The zero-order valence-corrected chi connectivity index (χ0v) is 22.8. The first-order valence-corrected chi connectivity index (χ1v) is 13.3. The zero-order chi connectivity index (χ0) is 27.5. The maximum atomic E-state index is 13.8. The Bertz CT molecular complexity index is 970. The van der Waals surface area contributed by atoms with Crippen molar-refractivity contribution in [1.29, 1.82) is 0 Å². The molecule has 1 heterocycles. The van der Waals surface area contributed by atoms with Crippen LogP contribution in [0.2, 0.25) is 0 Å². The lowest BCUT2D eigenvalue weighted by Crippen LogP contribution is -2.59. The van der Waals surface area contributed by atoms with E-state index in [4.69, 9.17) is 0 Å². The maximum absolute atomic E-state index is 13.8. The normalized spacial score (nSPS) is 22.9. The van der Waals surface area contributed by atoms with E-state index in [9.17, 15) is 24.0 Å². The molecule has 9 nitrogen and oxygen atoms in total. The average molecular weight is 515 g/mol. The summed E-state index contributed by atoms with van der Waals surface area (Å²) in [5.41, 5.74) is 0.398. The highest BCUT2D eigenvalue weighted by Gasteiger charge is 2.46. The minimum absolute atomic E-state index is 0.0406. The van der Waals surface area contributed by atoms with Crippen LogP contribution in [0, 0.1) is 17.3 Å². The lowest BCUT2D eigenvalue weighted by atomic mass is 9.85. The first-order chi connectivity index (χ1) is 17.3. The van der Waals surface area contributed by atoms with Crippen molar-refractivity contribution in [3.05, 3.63) is 24.3 Å². The lowest BCUT2D eigenvalue weighted by Gasteiger charge is -2.36. The number of carbonyl (C=O) groups excluding carboxylic acids is 5. The van der Waals surface area contributed by atoms with Crippen molar-refractivity contribution in [1.82, 2.24) is 20.9 Å². The number of allylic oxidation sites excluding steroid dienone is 1. The molecule has 3 aliphatic rings. The molecular weight excluding hydrogens is 472 g/mol. The minimum Gasteiger partial charge on any atom is -0.347 e. The Morgan fingerprint density at radius 2 is 1.65 bits per heavy atom. The highest BCUT2D eigenvalue weighted by molar-refractivity contribution is 6.38. The fourth-order valence-corrected chi connectivity index (χ4v) is 4.84. The molecule has 2 saturated carbocycles. The summed E-state index contributed by atoms with van der Waals surface area (Å²) in [6.07, 6.45) is 7.74. The third kappa shape index (κ3) is 7.76. The molecule has 3 rings (SSSR count). The third-order valence-electron chi connectivity index (χ3n) is 7.16. The van der Waals surface area contributed by atoms with Crippen LogP contribution in [-0.4, -0.2) is 65.0 Å². The summed E-state index contributed by atoms with van der Waals surface area (Å²) in [5.74, 6) is -2.51. The van der Waals surface area contributed by atoms with Gasteiger partial charge in [0.05, 0.1) is 6.04 Å². The number of carbonyl (C=O) groups is 5. The summed E-state index contributed by atoms with van der Waals surface area (Å²) in [6, 6.07) is -2.61. The molecule has 1 aliphatic heterocycles. The van der Waals surface area contributed by atoms with Gasteiger partial charge in [-0.2, -0.15) is 0 Å². The van der Waals surface area contributed by atoms with Crippen LogP contribution in [0.3, 0.4) is 0 Å². The van der Waals surface area contributed by atoms with Crippen LogP contribution in [0.15, 0.2) is 24.3 Å². The van der Waals surface area contributed by atoms with Crippen LogP contribution in [0.5, 0.6) is 0 Å². The van der Waals surface area contributed by atoms with Gasteiger partial charge in [0.2, 0.25) is 23.5 Å². The first kappa shape index (κ1) is 28.6. The van der Waals surface area contributed by atoms with Crippen molar-refractivity contribution < 1.29 is 24.0 Å². The number of hydrogen-bond acceptors (Lipinski definition) is 5. The van der Waals surface area contributed by atoms with Gasteiger partial charge in [0.25, 0.3) is 5.91 Å². The van der Waals surface area contributed by atoms with E-state index < -0.39 is 47.0 Å². The summed E-state index contributed by atoms with van der Waals surface area (Å²) in [4.78, 5) is 66.7. The van der Waals surface area contributed by atoms with Crippen molar-refractivity contribution in [3.8, 4) is 0 Å². The summed E-state index contributed by atoms with van der Waals surface area (Å²) in [5, 5.41) is 8.30. The number of Topliss-reactive ketones (excluding diaryl/α,β-unsaturated/α-hetero) is 1. The number of nitrogens with zero attached hydrogens (tertiary/aromatic N) is 1. The fraction of sp³-hybridized carbons (Fsp3) is 0.679. The zero-order valence-electron chi connectivity index (χ0n) is 22.8. The molecule has 9 heteroatoms. The molecule has 3 fully saturated rings. The summed E-state index contributed by atoms with van der Waals surface area (Å²) in [7, 11) is 0. The molecule has 0 radical (unpaired) electrons. The van der Waals surface area contributed by atoms with Gasteiger partial charge < -0.3 is 20.9 Å². The van der Waals surface area contributed by atoms with Crippen molar-refractivity contribution in [2.75, 3.05) is 6.54 Å². The number of amides is 4. The van der Waals surface area contributed by atoms with Crippen molar-refractivity contribution in [3.63, 3.8) is 0 Å². The number of rotatable bonds is 11. The first-order valence-electron chi connectivity index (χ1n) is 13.3. The van der Waals surface area contributed by atoms with E-state index in [1.165, 1.54) is 4.90 Å². The van der Waals surface area contributed by atoms with Crippen LogP contribution >= 0.6 is 0 Å². The van der Waals surface area contributed by atoms with Gasteiger partial charge in [-0.15, -0.1) is 0 Å². The average Bonchev–Trinajstić information content (AvgIpc) is 3.74. The van der Waals surface area contributed by atoms with Crippen molar-refractivity contribution >= 4 is 29.4 Å². The third-order valence-corrected chi connectivity index (χ3v) is 7.16. The van der Waals surface area contributed by atoms with E-state index in [1.54, 1.807) is 0 Å². The van der Waals surface area contributed by atoms with Crippen LogP contribution in [0.1, 0.15) is 73.1 Å². The van der Waals surface area contributed by atoms with Gasteiger partial charge in [0.1, 0.15) is 12.1 Å². The molecule has 2 aliphatic carbocycles. The molecule has 0 aromatic heterocycles. The van der Waals surface area contributed by atoms with Gasteiger partial charge in [0.15, 0.2) is 0 Å². The summed E-state index contributed by atoms with van der Waals surface area (Å²) < 4.78 is 0. The van der Waals surface area contributed by atoms with Crippen LogP contribution < -0.4 is 16.0 Å². The smallest absolute Gasteiger partial charge is 0.289 e. The summed E-state index contributed by atoms with van der Waals surface area (Å²) in [6.45, 7) is 13.2. The Labute approximate surface area is 219 Å². The quantitative estimate of drug-likeness (QED) is 0.221. The molecule has 0 aromatic carbocycles. The number of nitrogens with one attached hydrogen (secondary N) is 3. The standard InChI is InChI=1S/C28H42N4O5/c1-7-21(33)31-24(28(4,5)6)27(37)32-13-12-18(14-16(2)3)22(32)25(35)30-20(15-17-8-9-17)23(34)26(36)29-19-10-11-19/h7,14,17-20,22,24H,1,8-13,15H2,2-6H3,(H,29,36)(H,30,35)(H,31,33)/t18-,20?,22+,24-/m1/s1. The SMILES string of the molecule is C=CC(=O)N[C@H](C(=O)N1CC[C@H](C=C(C)C)[C@H]1C(=O)NC(CC1CC1)C(=O)C(=O)NC1CC1)C(C)(C)C. The van der Waals surface area contributed by atoms with Crippen molar-refractivity contribution in [2.45, 2.75) is 97.3 Å². The molecule has 1 unspecified atom stereocenters. The highest BCUT2D eigenvalue weighted by atomic mass is 16.2.